The topological polar surface area (TPSA) is 79.4 Å². The highest BCUT2D eigenvalue weighted by Gasteiger charge is 2.09. The molecule has 0 unspecified atom stereocenters. The van der Waals surface area contributed by atoms with Crippen LogP contribution >= 0.6 is 0 Å². The molecule has 124 valence electrons. The van der Waals surface area contributed by atoms with Crippen molar-refractivity contribution in [3.8, 4) is 0 Å². The first-order valence-corrected chi connectivity index (χ1v) is 8.38. The van der Waals surface area contributed by atoms with E-state index in [2.05, 4.69) is 6.92 Å². The molecule has 0 radical (unpaired) electrons. The summed E-state index contributed by atoms with van der Waals surface area (Å²) in [7, 11) is 0. The largest absolute Gasteiger partial charge is 0.368 e. The Morgan fingerprint density at radius 2 is 1.38 bits per heavy atom. The number of unbranched alkanes of at least 4 members (excludes halogenated alkanes) is 10. The molecule has 0 rings (SSSR count). The second kappa shape index (κ2) is 13.7. The van der Waals surface area contributed by atoms with Gasteiger partial charge in [0.2, 0.25) is 5.96 Å². The molecular weight excluding hydrogens is 266 g/mol. The van der Waals surface area contributed by atoms with Crippen LogP contribution in [0.5, 0.6) is 0 Å². The molecule has 5 nitrogen and oxygen atoms in total. The van der Waals surface area contributed by atoms with Crippen LogP contribution in [0.1, 0.15) is 84.5 Å². The number of hydrogen-bond donors (Lipinski definition) is 2. The van der Waals surface area contributed by atoms with Gasteiger partial charge in [-0.3, -0.25) is 10.2 Å². The fraction of sp³-hybridized carbons (Fsp3) is 0.875. The Kier molecular flexibility index (Phi) is 12.9. The molecule has 5 heteroatoms. The van der Waals surface area contributed by atoms with Crippen LogP contribution in [0, 0.1) is 5.41 Å². The standard InChI is InChI=1S/C16H33N3O2/c1-3-4-5-6-7-8-9-10-11-12-13-14-19(16(17)18)21-15(2)20/h3-14H2,1-2H3,(H3,17,18). The minimum Gasteiger partial charge on any atom is -0.368 e. The van der Waals surface area contributed by atoms with E-state index in [1.807, 2.05) is 0 Å². The van der Waals surface area contributed by atoms with Gasteiger partial charge in [-0.25, -0.2) is 0 Å². The molecule has 0 aromatic rings. The zero-order chi connectivity index (χ0) is 15.9. The summed E-state index contributed by atoms with van der Waals surface area (Å²) in [6, 6.07) is 0. The normalized spacial score (nSPS) is 10.4. The number of nitrogens with zero attached hydrogens (tertiary/aromatic N) is 1. The minimum atomic E-state index is -0.437. The summed E-state index contributed by atoms with van der Waals surface area (Å²) in [6.07, 6.45) is 13.9. The molecule has 0 atom stereocenters. The van der Waals surface area contributed by atoms with Crippen LogP contribution in [-0.4, -0.2) is 23.5 Å². The first-order chi connectivity index (χ1) is 10.1. The monoisotopic (exact) mass is 299 g/mol. The Hall–Kier alpha value is -1.26. The lowest BCUT2D eigenvalue weighted by Gasteiger charge is -2.19. The predicted octanol–water partition coefficient (Wildman–Crippen LogP) is 3.97. The third kappa shape index (κ3) is 13.5. The Balaban J connectivity index is 3.38. The molecule has 0 aliphatic heterocycles. The van der Waals surface area contributed by atoms with E-state index in [0.717, 1.165) is 17.9 Å². The summed E-state index contributed by atoms with van der Waals surface area (Å²) < 4.78 is 0. The number of nitrogens with one attached hydrogen (secondary N) is 1. The first kappa shape index (κ1) is 19.7. The fourth-order valence-electron chi connectivity index (χ4n) is 2.29. The minimum absolute atomic E-state index is 0.211. The number of guanidine groups is 1. The number of nitrogens with two attached hydrogens (primary N) is 1. The molecule has 3 N–H and O–H groups in total. The Bertz CT molecular complexity index is 283. The van der Waals surface area contributed by atoms with Crippen molar-refractivity contribution in [1.82, 2.24) is 5.06 Å². The van der Waals surface area contributed by atoms with Gasteiger partial charge in [0.15, 0.2) is 0 Å². The van der Waals surface area contributed by atoms with Gasteiger partial charge in [-0.05, 0) is 6.42 Å². The summed E-state index contributed by atoms with van der Waals surface area (Å²) in [4.78, 5) is 15.7. The highest BCUT2D eigenvalue weighted by atomic mass is 16.7. The van der Waals surface area contributed by atoms with Crippen LogP contribution in [0.4, 0.5) is 0 Å². The number of hydroxylamine groups is 2. The van der Waals surface area contributed by atoms with Crippen LogP contribution in [0.15, 0.2) is 0 Å². The van der Waals surface area contributed by atoms with Crippen LogP contribution in [0.25, 0.3) is 0 Å². The number of rotatable bonds is 12. The van der Waals surface area contributed by atoms with Crippen LogP contribution in [0.3, 0.4) is 0 Å². The van der Waals surface area contributed by atoms with E-state index in [9.17, 15) is 4.79 Å². The van der Waals surface area contributed by atoms with Gasteiger partial charge in [0.1, 0.15) is 0 Å². The van der Waals surface area contributed by atoms with E-state index in [-0.39, 0.29) is 5.96 Å². The van der Waals surface area contributed by atoms with E-state index >= 15 is 0 Å². The summed E-state index contributed by atoms with van der Waals surface area (Å²) in [5.74, 6) is -0.648. The molecule has 0 aliphatic rings. The number of carbonyl (C=O) groups is 1. The van der Waals surface area contributed by atoms with Crippen molar-refractivity contribution in [1.29, 1.82) is 5.41 Å². The molecule has 0 fully saturated rings. The van der Waals surface area contributed by atoms with Gasteiger partial charge in [0.25, 0.3) is 0 Å². The average molecular weight is 299 g/mol. The van der Waals surface area contributed by atoms with Gasteiger partial charge >= 0.3 is 5.97 Å². The van der Waals surface area contributed by atoms with E-state index in [1.54, 1.807) is 0 Å². The van der Waals surface area contributed by atoms with Crippen molar-refractivity contribution >= 4 is 11.9 Å². The SMILES string of the molecule is CCCCCCCCCCCCCN(OC(C)=O)C(=N)N. The summed E-state index contributed by atoms with van der Waals surface area (Å²) >= 11 is 0. The molecular formula is C16H33N3O2. The van der Waals surface area contributed by atoms with E-state index in [4.69, 9.17) is 16.0 Å². The van der Waals surface area contributed by atoms with Gasteiger partial charge in [-0.15, -0.1) is 0 Å². The third-order valence-corrected chi connectivity index (χ3v) is 3.47. The second-order valence-electron chi connectivity index (χ2n) is 5.61. The molecule has 0 amide bonds. The van der Waals surface area contributed by atoms with Crippen LogP contribution in [-0.2, 0) is 9.63 Å². The molecule has 0 aromatic heterocycles. The van der Waals surface area contributed by atoms with Crippen molar-refractivity contribution in [3.05, 3.63) is 0 Å². The van der Waals surface area contributed by atoms with Gasteiger partial charge < -0.3 is 10.6 Å². The van der Waals surface area contributed by atoms with E-state index in [1.165, 1.54) is 64.7 Å². The summed E-state index contributed by atoms with van der Waals surface area (Å²) in [6.45, 7) is 4.07. The predicted molar refractivity (Wildman–Crippen MR) is 86.8 cm³/mol. The maximum atomic E-state index is 10.8. The van der Waals surface area contributed by atoms with Crippen LogP contribution < -0.4 is 5.73 Å². The van der Waals surface area contributed by atoms with E-state index in [0.29, 0.717) is 6.54 Å². The maximum Gasteiger partial charge on any atom is 0.329 e. The molecule has 21 heavy (non-hydrogen) atoms. The molecule has 0 spiro atoms. The maximum absolute atomic E-state index is 10.8. The Morgan fingerprint density at radius 1 is 0.952 bits per heavy atom. The van der Waals surface area contributed by atoms with E-state index < -0.39 is 5.97 Å². The molecule has 0 aliphatic carbocycles. The summed E-state index contributed by atoms with van der Waals surface area (Å²) in [5.41, 5.74) is 5.35. The highest BCUT2D eigenvalue weighted by molar-refractivity contribution is 5.76. The lowest BCUT2D eigenvalue weighted by atomic mass is 10.1. The smallest absolute Gasteiger partial charge is 0.329 e. The molecule has 0 saturated heterocycles. The second-order valence-corrected chi connectivity index (χ2v) is 5.61. The van der Waals surface area contributed by atoms with Crippen molar-refractivity contribution in [2.24, 2.45) is 5.73 Å². The van der Waals surface area contributed by atoms with Gasteiger partial charge in [-0.2, -0.15) is 5.06 Å². The number of hydrogen-bond acceptors (Lipinski definition) is 3. The lowest BCUT2D eigenvalue weighted by Crippen LogP contribution is -2.38. The fourth-order valence-corrected chi connectivity index (χ4v) is 2.29. The quantitative estimate of drug-likeness (QED) is 0.247. The highest BCUT2D eigenvalue weighted by Crippen LogP contribution is 2.11. The third-order valence-electron chi connectivity index (χ3n) is 3.47. The zero-order valence-electron chi connectivity index (χ0n) is 13.8. The van der Waals surface area contributed by atoms with Gasteiger partial charge in [0, 0.05) is 6.92 Å². The van der Waals surface area contributed by atoms with Gasteiger partial charge in [0.05, 0.1) is 6.54 Å². The number of carbonyl (C=O) groups excluding carboxylic acids is 1. The van der Waals surface area contributed by atoms with Crippen molar-refractivity contribution in [2.75, 3.05) is 6.54 Å². The lowest BCUT2D eigenvalue weighted by molar-refractivity contribution is -0.170. The van der Waals surface area contributed by atoms with Crippen molar-refractivity contribution in [3.63, 3.8) is 0 Å². The van der Waals surface area contributed by atoms with Crippen LogP contribution in [0.2, 0.25) is 0 Å². The zero-order valence-corrected chi connectivity index (χ0v) is 13.8. The average Bonchev–Trinajstić information content (AvgIpc) is 2.42. The first-order valence-electron chi connectivity index (χ1n) is 8.38. The Labute approximate surface area is 129 Å². The molecule has 0 bridgehead atoms. The molecule has 0 heterocycles. The molecule has 0 aromatic carbocycles. The van der Waals surface area contributed by atoms with Gasteiger partial charge in [-0.1, -0.05) is 71.1 Å². The molecule has 0 saturated carbocycles. The Morgan fingerprint density at radius 3 is 1.76 bits per heavy atom. The summed E-state index contributed by atoms with van der Waals surface area (Å²) in [5, 5.41) is 8.47. The van der Waals surface area contributed by atoms with Crippen molar-refractivity contribution in [2.45, 2.75) is 84.5 Å². The van der Waals surface area contributed by atoms with Crippen molar-refractivity contribution < 1.29 is 9.63 Å².